The van der Waals surface area contributed by atoms with Crippen LogP contribution in [0.1, 0.15) is 39.1 Å². The molecule has 0 radical (unpaired) electrons. The SMILES string of the molecule is Cc1cccc(N(CCCN2C(=O)c3ccccc3C2=O)CCC(N)=O)c1. The minimum atomic E-state index is -0.354. The van der Waals surface area contributed by atoms with Crippen LogP contribution in [0.25, 0.3) is 0 Å². The molecule has 1 aliphatic rings. The Morgan fingerprint density at radius 1 is 1.00 bits per heavy atom. The van der Waals surface area contributed by atoms with Gasteiger partial charge in [-0.15, -0.1) is 0 Å². The Morgan fingerprint density at radius 3 is 2.26 bits per heavy atom. The van der Waals surface area contributed by atoms with Gasteiger partial charge in [-0.1, -0.05) is 24.3 Å². The first-order chi connectivity index (χ1) is 13.0. The van der Waals surface area contributed by atoms with Gasteiger partial charge in [0.15, 0.2) is 0 Å². The van der Waals surface area contributed by atoms with Gasteiger partial charge in [0, 0.05) is 31.7 Å². The van der Waals surface area contributed by atoms with E-state index in [0.717, 1.165) is 11.3 Å². The monoisotopic (exact) mass is 365 g/mol. The first-order valence-electron chi connectivity index (χ1n) is 9.02. The van der Waals surface area contributed by atoms with Crippen LogP contribution in [-0.4, -0.2) is 42.3 Å². The van der Waals surface area contributed by atoms with Gasteiger partial charge in [0.25, 0.3) is 11.8 Å². The number of hydrogen-bond acceptors (Lipinski definition) is 4. The van der Waals surface area contributed by atoms with Crippen LogP contribution in [0, 0.1) is 6.92 Å². The van der Waals surface area contributed by atoms with E-state index in [1.165, 1.54) is 4.90 Å². The average molecular weight is 365 g/mol. The summed E-state index contributed by atoms with van der Waals surface area (Å²) >= 11 is 0. The first kappa shape index (κ1) is 18.6. The largest absolute Gasteiger partial charge is 0.371 e. The molecule has 0 bridgehead atoms. The number of carbonyl (C=O) groups excluding carboxylic acids is 3. The molecular formula is C21H23N3O3. The lowest BCUT2D eigenvalue weighted by molar-refractivity contribution is -0.117. The van der Waals surface area contributed by atoms with Crippen molar-refractivity contribution in [1.29, 1.82) is 0 Å². The van der Waals surface area contributed by atoms with Gasteiger partial charge >= 0.3 is 0 Å². The van der Waals surface area contributed by atoms with Crippen molar-refractivity contribution in [3.05, 3.63) is 65.2 Å². The summed E-state index contributed by atoms with van der Waals surface area (Å²) in [6.07, 6.45) is 0.860. The molecule has 0 atom stereocenters. The molecule has 0 saturated heterocycles. The molecule has 0 spiro atoms. The zero-order valence-electron chi connectivity index (χ0n) is 15.4. The van der Waals surface area contributed by atoms with Crippen LogP contribution in [-0.2, 0) is 4.79 Å². The Morgan fingerprint density at radius 2 is 1.67 bits per heavy atom. The quantitative estimate of drug-likeness (QED) is 0.728. The lowest BCUT2D eigenvalue weighted by Crippen LogP contribution is -2.34. The smallest absolute Gasteiger partial charge is 0.261 e. The lowest BCUT2D eigenvalue weighted by atomic mass is 10.1. The van der Waals surface area contributed by atoms with Gasteiger partial charge in [0.05, 0.1) is 11.1 Å². The second kappa shape index (κ2) is 8.03. The Kier molecular flexibility index (Phi) is 5.54. The molecule has 1 aliphatic heterocycles. The maximum atomic E-state index is 12.4. The maximum absolute atomic E-state index is 12.4. The van der Waals surface area contributed by atoms with Crippen molar-refractivity contribution >= 4 is 23.4 Å². The standard InChI is InChI=1S/C21H23N3O3/c1-15-6-4-7-16(14-15)23(13-10-19(22)25)11-5-12-24-20(26)17-8-2-3-9-18(17)21(24)27/h2-4,6-9,14H,5,10-13H2,1H3,(H2,22,25). The van der Waals surface area contributed by atoms with Crippen LogP contribution in [0.5, 0.6) is 0 Å². The fourth-order valence-electron chi connectivity index (χ4n) is 3.30. The number of aryl methyl sites for hydroxylation is 1. The molecular weight excluding hydrogens is 342 g/mol. The summed E-state index contributed by atoms with van der Waals surface area (Å²) in [6, 6.07) is 14.9. The molecule has 2 aromatic rings. The van der Waals surface area contributed by atoms with Gasteiger partial charge in [-0.2, -0.15) is 0 Å². The fourth-order valence-corrected chi connectivity index (χ4v) is 3.30. The molecule has 3 amide bonds. The van der Waals surface area contributed by atoms with Gasteiger partial charge in [0.2, 0.25) is 5.91 Å². The summed E-state index contributed by atoms with van der Waals surface area (Å²) < 4.78 is 0. The summed E-state index contributed by atoms with van der Waals surface area (Å²) in [7, 11) is 0. The molecule has 140 valence electrons. The lowest BCUT2D eigenvalue weighted by Gasteiger charge is -2.25. The van der Waals surface area contributed by atoms with Crippen LogP contribution in [0.3, 0.4) is 0 Å². The average Bonchev–Trinajstić information content (AvgIpc) is 2.89. The molecule has 0 fully saturated rings. The van der Waals surface area contributed by atoms with Gasteiger partial charge in [0.1, 0.15) is 0 Å². The second-order valence-corrected chi connectivity index (χ2v) is 6.70. The van der Waals surface area contributed by atoms with Gasteiger partial charge in [-0.25, -0.2) is 0 Å². The number of amides is 3. The summed E-state index contributed by atoms with van der Waals surface area (Å²) in [5.74, 6) is -0.835. The predicted molar refractivity (Wildman–Crippen MR) is 104 cm³/mol. The molecule has 1 heterocycles. The molecule has 6 nitrogen and oxygen atoms in total. The maximum Gasteiger partial charge on any atom is 0.261 e. The van der Waals surface area contributed by atoms with Gasteiger partial charge in [-0.05, 0) is 43.2 Å². The third-order valence-electron chi connectivity index (χ3n) is 4.68. The number of primary amides is 1. The van der Waals surface area contributed by atoms with Crippen molar-refractivity contribution < 1.29 is 14.4 Å². The Hall–Kier alpha value is -3.15. The minimum Gasteiger partial charge on any atom is -0.371 e. The van der Waals surface area contributed by atoms with E-state index in [0.29, 0.717) is 37.2 Å². The molecule has 2 N–H and O–H groups in total. The third kappa shape index (κ3) is 4.16. The molecule has 0 unspecified atom stereocenters. The van der Waals surface area contributed by atoms with Crippen LogP contribution in [0.4, 0.5) is 5.69 Å². The second-order valence-electron chi connectivity index (χ2n) is 6.70. The zero-order chi connectivity index (χ0) is 19.4. The molecule has 0 aliphatic carbocycles. The van der Waals surface area contributed by atoms with Crippen LogP contribution in [0.15, 0.2) is 48.5 Å². The van der Waals surface area contributed by atoms with E-state index in [1.807, 2.05) is 31.2 Å². The number of benzene rings is 2. The normalized spacial score (nSPS) is 13.0. The Bertz CT molecular complexity index is 843. The number of carbonyl (C=O) groups is 3. The van der Waals surface area contributed by atoms with Gasteiger partial charge in [-0.3, -0.25) is 19.3 Å². The van der Waals surface area contributed by atoms with Crippen molar-refractivity contribution in [3.63, 3.8) is 0 Å². The van der Waals surface area contributed by atoms with E-state index in [2.05, 4.69) is 4.90 Å². The summed E-state index contributed by atoms with van der Waals surface area (Å²) in [4.78, 5) is 39.4. The van der Waals surface area contributed by atoms with Crippen molar-refractivity contribution in [3.8, 4) is 0 Å². The number of imide groups is 1. The molecule has 0 saturated carbocycles. The highest BCUT2D eigenvalue weighted by atomic mass is 16.2. The summed E-state index contributed by atoms with van der Waals surface area (Å²) in [5.41, 5.74) is 8.35. The molecule has 2 aromatic carbocycles. The van der Waals surface area contributed by atoms with Crippen molar-refractivity contribution in [1.82, 2.24) is 4.90 Å². The summed E-state index contributed by atoms with van der Waals surface area (Å²) in [6.45, 7) is 3.46. The van der Waals surface area contributed by atoms with Gasteiger partial charge < -0.3 is 10.6 Å². The number of nitrogens with zero attached hydrogens (tertiary/aromatic N) is 2. The number of rotatable bonds is 8. The molecule has 27 heavy (non-hydrogen) atoms. The van der Waals surface area contributed by atoms with Crippen LogP contribution >= 0.6 is 0 Å². The Labute approximate surface area is 158 Å². The first-order valence-corrected chi connectivity index (χ1v) is 9.02. The van der Waals surface area contributed by atoms with Crippen molar-refractivity contribution in [2.45, 2.75) is 19.8 Å². The predicted octanol–water partition coefficient (Wildman–Crippen LogP) is 2.36. The summed E-state index contributed by atoms with van der Waals surface area (Å²) in [5, 5.41) is 0. The van der Waals surface area contributed by atoms with E-state index in [-0.39, 0.29) is 24.1 Å². The van der Waals surface area contributed by atoms with Crippen LogP contribution < -0.4 is 10.6 Å². The highest BCUT2D eigenvalue weighted by molar-refractivity contribution is 6.21. The highest BCUT2D eigenvalue weighted by Gasteiger charge is 2.34. The topological polar surface area (TPSA) is 83.7 Å². The number of fused-ring (bicyclic) bond motifs is 1. The van der Waals surface area contributed by atoms with Crippen molar-refractivity contribution in [2.24, 2.45) is 5.73 Å². The minimum absolute atomic E-state index is 0.241. The van der Waals surface area contributed by atoms with E-state index in [1.54, 1.807) is 24.3 Å². The molecule has 6 heteroatoms. The molecule has 0 aromatic heterocycles. The highest BCUT2D eigenvalue weighted by Crippen LogP contribution is 2.23. The van der Waals surface area contributed by atoms with Crippen LogP contribution in [0.2, 0.25) is 0 Å². The van der Waals surface area contributed by atoms with E-state index in [9.17, 15) is 14.4 Å². The number of nitrogens with two attached hydrogens (primary N) is 1. The van der Waals surface area contributed by atoms with Crippen molar-refractivity contribution in [2.75, 3.05) is 24.5 Å². The van der Waals surface area contributed by atoms with E-state index >= 15 is 0 Å². The van der Waals surface area contributed by atoms with E-state index in [4.69, 9.17) is 5.73 Å². The number of hydrogen-bond donors (Lipinski definition) is 1. The fraction of sp³-hybridized carbons (Fsp3) is 0.286. The van der Waals surface area contributed by atoms with E-state index < -0.39 is 0 Å². The number of anilines is 1. The Balaban J connectivity index is 1.65. The third-order valence-corrected chi connectivity index (χ3v) is 4.68. The zero-order valence-corrected chi connectivity index (χ0v) is 15.4. The molecule has 3 rings (SSSR count).